The third-order valence-electron chi connectivity index (χ3n) is 4.76. The molecule has 0 fully saturated rings. The van der Waals surface area contributed by atoms with Gasteiger partial charge in [-0.15, -0.1) is 0 Å². The van der Waals surface area contributed by atoms with E-state index in [1.54, 1.807) is 25.3 Å². The van der Waals surface area contributed by atoms with Gasteiger partial charge in [0, 0.05) is 6.20 Å². The monoisotopic (exact) mass is 405 g/mol. The van der Waals surface area contributed by atoms with E-state index in [2.05, 4.69) is 20.4 Å². The molecule has 3 aromatic heterocycles. The van der Waals surface area contributed by atoms with Gasteiger partial charge in [0.25, 0.3) is 5.56 Å². The van der Waals surface area contributed by atoms with Gasteiger partial charge in [-0.2, -0.15) is 5.10 Å². The van der Waals surface area contributed by atoms with Crippen molar-refractivity contribution in [2.24, 2.45) is 0 Å². The fourth-order valence-electron chi connectivity index (χ4n) is 3.33. The van der Waals surface area contributed by atoms with Crippen LogP contribution in [0.4, 0.5) is 11.6 Å². The van der Waals surface area contributed by atoms with Gasteiger partial charge in [0.2, 0.25) is 0 Å². The van der Waals surface area contributed by atoms with Crippen molar-refractivity contribution in [2.75, 3.05) is 11.1 Å². The van der Waals surface area contributed by atoms with Gasteiger partial charge in [0.05, 0.1) is 11.7 Å². The predicted octanol–water partition coefficient (Wildman–Crippen LogP) is 2.04. The molecule has 0 amide bonds. The Bertz CT molecular complexity index is 1310. The summed E-state index contributed by atoms with van der Waals surface area (Å²) in [5.74, 6) is -0.993. The molecule has 4 rings (SSSR count). The molecule has 0 radical (unpaired) electrons. The average Bonchev–Trinajstić information content (AvgIpc) is 3.09. The van der Waals surface area contributed by atoms with Crippen molar-refractivity contribution in [1.29, 1.82) is 0 Å². The number of hydrogen-bond acceptors (Lipinski definition) is 7. The molecule has 3 heterocycles. The molecule has 0 saturated carbocycles. The topological polar surface area (TPSA) is 140 Å². The molecule has 1 unspecified atom stereocenters. The number of nitrogens with one attached hydrogen (secondary N) is 1. The van der Waals surface area contributed by atoms with Crippen molar-refractivity contribution < 1.29 is 9.90 Å². The van der Waals surface area contributed by atoms with E-state index in [0.717, 1.165) is 5.56 Å². The van der Waals surface area contributed by atoms with E-state index in [-0.39, 0.29) is 22.8 Å². The Kier molecular flexibility index (Phi) is 4.66. The normalized spacial score (nSPS) is 12.1. The van der Waals surface area contributed by atoms with Crippen LogP contribution in [0.5, 0.6) is 0 Å². The molecule has 1 atom stereocenters. The zero-order chi connectivity index (χ0) is 21.4. The highest BCUT2D eigenvalue weighted by Gasteiger charge is 2.23. The third kappa shape index (κ3) is 3.13. The average molecular weight is 405 g/mol. The molecule has 0 bridgehead atoms. The number of carbonyl (C=O) groups is 1. The van der Waals surface area contributed by atoms with Crippen LogP contribution in [0.15, 0.2) is 53.7 Å². The number of fused-ring (bicyclic) bond motifs is 1. The number of para-hydroxylation sites is 1. The van der Waals surface area contributed by atoms with E-state index in [1.165, 1.54) is 15.4 Å². The number of rotatable bonds is 5. The first-order valence-electron chi connectivity index (χ1n) is 9.15. The molecular formula is C20H19N7O3. The minimum Gasteiger partial charge on any atom is -0.477 e. The van der Waals surface area contributed by atoms with E-state index in [1.807, 2.05) is 31.2 Å². The van der Waals surface area contributed by atoms with Gasteiger partial charge in [0.1, 0.15) is 29.0 Å². The summed E-state index contributed by atoms with van der Waals surface area (Å²) in [5, 5.41) is 17.1. The van der Waals surface area contributed by atoms with Crippen molar-refractivity contribution in [1.82, 2.24) is 24.1 Å². The highest BCUT2D eigenvalue weighted by molar-refractivity contribution is 5.97. The highest BCUT2D eigenvalue weighted by atomic mass is 16.4. The molecule has 0 aliphatic heterocycles. The first-order chi connectivity index (χ1) is 14.4. The maximum absolute atomic E-state index is 13.4. The van der Waals surface area contributed by atoms with Crippen molar-refractivity contribution in [3.63, 3.8) is 0 Å². The number of carboxylic acids is 1. The van der Waals surface area contributed by atoms with E-state index in [0.29, 0.717) is 17.0 Å². The van der Waals surface area contributed by atoms with E-state index < -0.39 is 12.0 Å². The molecule has 0 spiro atoms. The first kappa shape index (κ1) is 19.1. The Hall–Kier alpha value is -4.21. The fourth-order valence-corrected chi connectivity index (χ4v) is 3.33. The molecule has 4 N–H and O–H groups in total. The Balaban J connectivity index is 1.90. The Morgan fingerprint density at radius 3 is 2.63 bits per heavy atom. The molecule has 4 aromatic rings. The van der Waals surface area contributed by atoms with Crippen molar-refractivity contribution >= 4 is 23.1 Å². The van der Waals surface area contributed by atoms with Crippen molar-refractivity contribution in [3.8, 4) is 5.69 Å². The smallest absolute Gasteiger partial charge is 0.343 e. The molecule has 10 heteroatoms. The van der Waals surface area contributed by atoms with Gasteiger partial charge in [-0.3, -0.25) is 9.36 Å². The van der Waals surface area contributed by atoms with Crippen LogP contribution in [0.2, 0.25) is 0 Å². The summed E-state index contributed by atoms with van der Waals surface area (Å²) in [6, 6.07) is 10.3. The van der Waals surface area contributed by atoms with Gasteiger partial charge in [0.15, 0.2) is 5.82 Å². The number of aromatic carboxylic acids is 1. The minimum atomic E-state index is -1.26. The molecule has 0 saturated heterocycles. The predicted molar refractivity (Wildman–Crippen MR) is 111 cm³/mol. The fraction of sp³-hybridized carbons (Fsp3) is 0.150. The number of nitrogens with two attached hydrogens (primary N) is 1. The molecule has 1 aromatic carbocycles. The van der Waals surface area contributed by atoms with Gasteiger partial charge < -0.3 is 16.2 Å². The molecule has 30 heavy (non-hydrogen) atoms. The second kappa shape index (κ2) is 7.32. The number of nitrogen functional groups attached to an aromatic ring is 1. The molecule has 0 aliphatic rings. The maximum atomic E-state index is 13.4. The van der Waals surface area contributed by atoms with Gasteiger partial charge in [-0.25, -0.2) is 19.3 Å². The minimum absolute atomic E-state index is 0.0418. The second-order valence-corrected chi connectivity index (χ2v) is 6.78. The summed E-state index contributed by atoms with van der Waals surface area (Å²) in [7, 11) is 0. The number of benzene rings is 1. The quantitative estimate of drug-likeness (QED) is 0.458. The summed E-state index contributed by atoms with van der Waals surface area (Å²) < 4.78 is 3.03. The van der Waals surface area contributed by atoms with Crippen LogP contribution in [-0.2, 0) is 0 Å². The lowest BCUT2D eigenvalue weighted by molar-refractivity contribution is 0.0698. The molecule has 10 nitrogen and oxygen atoms in total. The van der Waals surface area contributed by atoms with Crippen LogP contribution in [0.1, 0.15) is 34.7 Å². The van der Waals surface area contributed by atoms with Crippen LogP contribution in [0.25, 0.3) is 11.2 Å². The summed E-state index contributed by atoms with van der Waals surface area (Å²) in [4.78, 5) is 32.7. The molecular weight excluding hydrogens is 386 g/mol. The van der Waals surface area contributed by atoms with Gasteiger partial charge in [-0.05, 0) is 37.6 Å². The van der Waals surface area contributed by atoms with Crippen molar-refractivity contribution in [2.45, 2.75) is 19.9 Å². The Labute approximate surface area is 170 Å². The third-order valence-corrected chi connectivity index (χ3v) is 4.76. The Morgan fingerprint density at radius 2 is 1.93 bits per heavy atom. The molecule has 152 valence electrons. The summed E-state index contributed by atoms with van der Waals surface area (Å²) in [6.45, 7) is 3.60. The van der Waals surface area contributed by atoms with E-state index in [9.17, 15) is 14.7 Å². The van der Waals surface area contributed by atoms with E-state index >= 15 is 0 Å². The number of aryl methyl sites for hydroxylation is 1. The summed E-state index contributed by atoms with van der Waals surface area (Å²) in [5.41, 5.74) is 7.15. The standard InChI is InChI=1S/C20H19N7O3/c1-11-8-9-26-15(11)19(28)27(13-6-4-3-5-7-13)18(25-26)12(2)24-17-14(20(29)30)16(21)22-10-23-17/h3-10,12H,1-2H3,(H,29,30)(H3,21,22,23,24). The maximum Gasteiger partial charge on any atom is 0.343 e. The highest BCUT2D eigenvalue weighted by Crippen LogP contribution is 2.23. The van der Waals surface area contributed by atoms with Crippen LogP contribution < -0.4 is 16.6 Å². The summed E-state index contributed by atoms with van der Waals surface area (Å²) in [6.07, 6.45) is 2.88. The van der Waals surface area contributed by atoms with Crippen LogP contribution in [0.3, 0.4) is 0 Å². The van der Waals surface area contributed by atoms with E-state index in [4.69, 9.17) is 5.73 Å². The number of anilines is 2. The largest absolute Gasteiger partial charge is 0.477 e. The Morgan fingerprint density at radius 1 is 1.20 bits per heavy atom. The second-order valence-electron chi connectivity index (χ2n) is 6.78. The van der Waals surface area contributed by atoms with Gasteiger partial charge in [-0.1, -0.05) is 18.2 Å². The zero-order valence-corrected chi connectivity index (χ0v) is 16.3. The first-order valence-corrected chi connectivity index (χ1v) is 9.15. The zero-order valence-electron chi connectivity index (χ0n) is 16.3. The van der Waals surface area contributed by atoms with Crippen LogP contribution in [-0.4, -0.2) is 35.2 Å². The SMILES string of the molecule is Cc1ccn2nc(C(C)Nc3ncnc(N)c3C(=O)O)n(-c3ccccc3)c(=O)c12. The van der Waals surface area contributed by atoms with Crippen LogP contribution >= 0.6 is 0 Å². The number of nitrogens with zero attached hydrogens (tertiary/aromatic N) is 5. The lowest BCUT2D eigenvalue weighted by Gasteiger charge is -2.20. The van der Waals surface area contributed by atoms with Gasteiger partial charge >= 0.3 is 5.97 Å². The number of hydrogen-bond donors (Lipinski definition) is 3. The van der Waals surface area contributed by atoms with Crippen LogP contribution in [0, 0.1) is 6.92 Å². The summed E-state index contributed by atoms with van der Waals surface area (Å²) >= 11 is 0. The number of carboxylic acid groups (broad SMARTS) is 1. The van der Waals surface area contributed by atoms with Crippen molar-refractivity contribution in [3.05, 3.63) is 76.2 Å². The molecule has 0 aliphatic carbocycles. The lowest BCUT2D eigenvalue weighted by atomic mass is 10.2. The lowest BCUT2D eigenvalue weighted by Crippen LogP contribution is -2.30. The number of aromatic nitrogens is 5.